The first-order chi connectivity index (χ1) is 12.0. The molecule has 2 aromatic rings. The zero-order valence-corrected chi connectivity index (χ0v) is 15.7. The van der Waals surface area contributed by atoms with Gasteiger partial charge in [0.2, 0.25) is 0 Å². The summed E-state index contributed by atoms with van der Waals surface area (Å²) >= 11 is 1.62. The SMILES string of the molecule is CN=C(NCc1csc(N(C)C)n1)NCC1(c2ccccc2F)CC1. The molecule has 0 bridgehead atoms. The first-order valence-corrected chi connectivity index (χ1v) is 9.23. The number of nitrogens with zero attached hydrogens (tertiary/aromatic N) is 3. The molecular formula is C18H24FN5S. The number of anilines is 1. The molecule has 5 nitrogen and oxygen atoms in total. The summed E-state index contributed by atoms with van der Waals surface area (Å²) in [6.45, 7) is 1.28. The van der Waals surface area contributed by atoms with Crippen LogP contribution < -0.4 is 15.5 Å². The predicted molar refractivity (Wildman–Crippen MR) is 102 cm³/mol. The van der Waals surface area contributed by atoms with Gasteiger partial charge in [-0.15, -0.1) is 11.3 Å². The molecule has 1 heterocycles. The van der Waals surface area contributed by atoms with E-state index in [1.807, 2.05) is 36.5 Å². The average molecular weight is 361 g/mol. The molecule has 0 atom stereocenters. The minimum Gasteiger partial charge on any atom is -0.356 e. The number of benzene rings is 1. The molecule has 25 heavy (non-hydrogen) atoms. The van der Waals surface area contributed by atoms with Gasteiger partial charge in [-0.05, 0) is 24.5 Å². The summed E-state index contributed by atoms with van der Waals surface area (Å²) in [4.78, 5) is 10.8. The molecule has 1 aliphatic rings. The highest BCUT2D eigenvalue weighted by molar-refractivity contribution is 7.13. The summed E-state index contributed by atoms with van der Waals surface area (Å²) < 4.78 is 14.1. The highest BCUT2D eigenvalue weighted by Gasteiger charge is 2.45. The van der Waals surface area contributed by atoms with Crippen LogP contribution in [0.1, 0.15) is 24.1 Å². The molecule has 1 aromatic heterocycles. The second-order valence-electron chi connectivity index (χ2n) is 6.56. The van der Waals surface area contributed by atoms with Gasteiger partial charge < -0.3 is 15.5 Å². The van der Waals surface area contributed by atoms with Gasteiger partial charge in [0.15, 0.2) is 11.1 Å². The van der Waals surface area contributed by atoms with E-state index in [4.69, 9.17) is 0 Å². The number of halogens is 1. The number of aliphatic imine (C=N–C) groups is 1. The van der Waals surface area contributed by atoms with Crippen molar-refractivity contribution in [1.82, 2.24) is 15.6 Å². The number of nitrogens with one attached hydrogen (secondary N) is 2. The van der Waals surface area contributed by atoms with E-state index in [0.717, 1.165) is 29.2 Å². The van der Waals surface area contributed by atoms with Crippen LogP contribution >= 0.6 is 11.3 Å². The third-order valence-electron chi connectivity index (χ3n) is 4.48. The molecule has 1 fully saturated rings. The molecule has 2 N–H and O–H groups in total. The Hall–Kier alpha value is -2.15. The van der Waals surface area contributed by atoms with Gasteiger partial charge in [-0.1, -0.05) is 18.2 Å². The Labute approximate surface area is 152 Å². The van der Waals surface area contributed by atoms with Crippen molar-refractivity contribution < 1.29 is 4.39 Å². The van der Waals surface area contributed by atoms with E-state index in [9.17, 15) is 4.39 Å². The minimum absolute atomic E-state index is 0.109. The summed E-state index contributed by atoms with van der Waals surface area (Å²) in [7, 11) is 5.70. The van der Waals surface area contributed by atoms with Crippen LogP contribution in [0, 0.1) is 5.82 Å². The fourth-order valence-corrected chi connectivity index (χ4v) is 3.57. The maximum absolute atomic E-state index is 14.1. The maximum Gasteiger partial charge on any atom is 0.191 e. The van der Waals surface area contributed by atoms with Gasteiger partial charge in [0.05, 0.1) is 12.2 Å². The molecule has 1 saturated carbocycles. The lowest BCUT2D eigenvalue weighted by atomic mass is 9.95. The molecule has 0 spiro atoms. The number of guanidine groups is 1. The van der Waals surface area contributed by atoms with Crippen LogP contribution in [0.5, 0.6) is 0 Å². The van der Waals surface area contributed by atoms with E-state index in [0.29, 0.717) is 19.0 Å². The number of thiazole rings is 1. The Balaban J connectivity index is 1.55. The summed E-state index contributed by atoms with van der Waals surface area (Å²) in [6, 6.07) is 7.06. The Morgan fingerprint density at radius 2 is 2.08 bits per heavy atom. The lowest BCUT2D eigenvalue weighted by Gasteiger charge is -2.19. The molecule has 0 saturated heterocycles. The quantitative estimate of drug-likeness (QED) is 0.614. The van der Waals surface area contributed by atoms with E-state index < -0.39 is 0 Å². The van der Waals surface area contributed by atoms with E-state index in [1.54, 1.807) is 24.5 Å². The van der Waals surface area contributed by atoms with Crippen molar-refractivity contribution in [3.05, 3.63) is 46.7 Å². The number of hydrogen-bond acceptors (Lipinski definition) is 4. The predicted octanol–water partition coefficient (Wildman–Crippen LogP) is 2.75. The Morgan fingerprint density at radius 3 is 2.68 bits per heavy atom. The molecule has 0 amide bonds. The monoisotopic (exact) mass is 361 g/mol. The Bertz CT molecular complexity index is 751. The van der Waals surface area contributed by atoms with Crippen LogP contribution in [0.2, 0.25) is 0 Å². The number of aromatic nitrogens is 1. The van der Waals surface area contributed by atoms with Crippen molar-refractivity contribution >= 4 is 22.4 Å². The molecule has 0 aliphatic heterocycles. The standard InChI is InChI=1S/C18H24FN5S/c1-20-16(21-10-13-11-25-17(23-13)24(2)3)22-12-18(8-9-18)14-6-4-5-7-15(14)19/h4-7,11H,8-10,12H2,1-3H3,(H2,20,21,22). The highest BCUT2D eigenvalue weighted by Crippen LogP contribution is 2.48. The number of hydrogen-bond donors (Lipinski definition) is 2. The normalized spacial score (nSPS) is 15.8. The van der Waals surface area contributed by atoms with Gasteiger partial charge in [0.1, 0.15) is 5.82 Å². The zero-order chi connectivity index (χ0) is 17.9. The third kappa shape index (κ3) is 4.10. The van der Waals surface area contributed by atoms with E-state index >= 15 is 0 Å². The molecule has 1 aliphatic carbocycles. The van der Waals surface area contributed by atoms with Gasteiger partial charge in [-0.2, -0.15) is 0 Å². The van der Waals surface area contributed by atoms with Crippen molar-refractivity contribution in [2.45, 2.75) is 24.8 Å². The van der Waals surface area contributed by atoms with Crippen LogP contribution in [-0.2, 0) is 12.0 Å². The first-order valence-electron chi connectivity index (χ1n) is 8.35. The van der Waals surface area contributed by atoms with Crippen LogP contribution in [-0.4, -0.2) is 38.6 Å². The fourth-order valence-electron chi connectivity index (χ4n) is 2.81. The van der Waals surface area contributed by atoms with Crippen LogP contribution in [0.4, 0.5) is 9.52 Å². The first kappa shape index (κ1) is 17.7. The Kier molecular flexibility index (Phi) is 5.22. The smallest absolute Gasteiger partial charge is 0.191 e. The van der Waals surface area contributed by atoms with Gasteiger partial charge >= 0.3 is 0 Å². The molecule has 1 aromatic carbocycles. The lowest BCUT2D eigenvalue weighted by Crippen LogP contribution is -2.41. The average Bonchev–Trinajstić information content (AvgIpc) is 3.23. The molecule has 134 valence electrons. The topological polar surface area (TPSA) is 52.6 Å². The maximum atomic E-state index is 14.1. The summed E-state index contributed by atoms with van der Waals surface area (Å²) in [5.74, 6) is 0.588. The van der Waals surface area contributed by atoms with Gasteiger partial charge in [0, 0.05) is 38.5 Å². The van der Waals surface area contributed by atoms with Crippen molar-refractivity contribution in [3.63, 3.8) is 0 Å². The summed E-state index contributed by atoms with van der Waals surface area (Å²) in [5, 5.41) is 9.63. The summed E-state index contributed by atoms with van der Waals surface area (Å²) in [5.41, 5.74) is 1.67. The van der Waals surface area contributed by atoms with Gasteiger partial charge in [0.25, 0.3) is 0 Å². The van der Waals surface area contributed by atoms with Gasteiger partial charge in [-0.3, -0.25) is 4.99 Å². The summed E-state index contributed by atoms with van der Waals surface area (Å²) in [6.07, 6.45) is 1.99. The van der Waals surface area contributed by atoms with Crippen molar-refractivity contribution in [2.75, 3.05) is 32.6 Å². The van der Waals surface area contributed by atoms with E-state index in [1.165, 1.54) is 6.07 Å². The van der Waals surface area contributed by atoms with Crippen molar-refractivity contribution in [2.24, 2.45) is 4.99 Å². The highest BCUT2D eigenvalue weighted by atomic mass is 32.1. The largest absolute Gasteiger partial charge is 0.356 e. The van der Waals surface area contributed by atoms with Gasteiger partial charge in [-0.25, -0.2) is 9.37 Å². The fraction of sp³-hybridized carbons (Fsp3) is 0.444. The van der Waals surface area contributed by atoms with Crippen molar-refractivity contribution in [3.8, 4) is 0 Å². The molecular weight excluding hydrogens is 337 g/mol. The molecule has 0 radical (unpaired) electrons. The third-order valence-corrected chi connectivity index (χ3v) is 5.53. The lowest BCUT2D eigenvalue weighted by molar-refractivity contribution is 0.559. The van der Waals surface area contributed by atoms with E-state index in [2.05, 4.69) is 20.6 Å². The van der Waals surface area contributed by atoms with E-state index in [-0.39, 0.29) is 11.2 Å². The van der Waals surface area contributed by atoms with Crippen molar-refractivity contribution in [1.29, 1.82) is 0 Å². The zero-order valence-electron chi connectivity index (χ0n) is 14.8. The Morgan fingerprint density at radius 1 is 1.32 bits per heavy atom. The molecule has 0 unspecified atom stereocenters. The molecule has 7 heteroatoms. The number of rotatable bonds is 6. The van der Waals surface area contributed by atoms with Crippen LogP contribution in [0.25, 0.3) is 0 Å². The minimum atomic E-state index is -0.122. The second-order valence-corrected chi connectivity index (χ2v) is 7.39. The van der Waals surface area contributed by atoms with Crippen LogP contribution in [0.15, 0.2) is 34.6 Å². The van der Waals surface area contributed by atoms with Crippen LogP contribution in [0.3, 0.4) is 0 Å². The second kappa shape index (κ2) is 7.39. The molecule has 3 rings (SSSR count).